The Balaban J connectivity index is 1.55. The van der Waals surface area contributed by atoms with E-state index >= 15 is 0 Å². The second-order valence-corrected chi connectivity index (χ2v) is 5.27. The molecule has 2 fully saturated rings. The second kappa shape index (κ2) is 4.12. The Hall–Kier alpha value is -1.84. The van der Waals surface area contributed by atoms with Gasteiger partial charge in [-0.25, -0.2) is 5.43 Å². The lowest BCUT2D eigenvalue weighted by Gasteiger charge is -2.25. The van der Waals surface area contributed by atoms with Gasteiger partial charge >= 0.3 is 0 Å². The Labute approximate surface area is 106 Å². The minimum atomic E-state index is 0.0152. The van der Waals surface area contributed by atoms with Crippen LogP contribution in [0.5, 0.6) is 5.75 Å². The summed E-state index contributed by atoms with van der Waals surface area (Å²) in [4.78, 5) is 11.8. The highest BCUT2D eigenvalue weighted by Gasteiger charge is 2.60. The lowest BCUT2D eigenvalue weighted by molar-refractivity contribution is -0.123. The van der Waals surface area contributed by atoms with Crippen LogP contribution in [0.15, 0.2) is 29.4 Å². The molecule has 0 saturated heterocycles. The predicted molar refractivity (Wildman–Crippen MR) is 68.2 cm³/mol. The number of para-hydroxylation sites is 1. The van der Waals surface area contributed by atoms with Crippen LogP contribution in [0.2, 0.25) is 0 Å². The third kappa shape index (κ3) is 1.88. The highest BCUT2D eigenvalue weighted by atomic mass is 16.3. The molecule has 2 aliphatic carbocycles. The van der Waals surface area contributed by atoms with Crippen LogP contribution in [0.4, 0.5) is 0 Å². The molecule has 1 aromatic rings. The summed E-state index contributed by atoms with van der Waals surface area (Å²) in [6.45, 7) is 0. The molecule has 1 atom stereocenters. The van der Waals surface area contributed by atoms with Crippen molar-refractivity contribution >= 4 is 12.1 Å². The number of aromatic hydroxyl groups is 1. The number of nitrogens with one attached hydrogen (secondary N) is 1. The summed E-state index contributed by atoms with van der Waals surface area (Å²) in [6.07, 6.45) is 6.13. The van der Waals surface area contributed by atoms with Crippen LogP contribution < -0.4 is 5.43 Å². The fourth-order valence-electron chi connectivity index (χ4n) is 2.74. The molecule has 0 aliphatic heterocycles. The number of carbonyl (C=O) groups excluding carboxylic acids is 1. The van der Waals surface area contributed by atoms with Gasteiger partial charge in [0.1, 0.15) is 5.75 Å². The number of carbonyl (C=O) groups is 1. The van der Waals surface area contributed by atoms with Crippen LogP contribution in [0.1, 0.15) is 31.2 Å². The van der Waals surface area contributed by atoms with E-state index in [1.54, 1.807) is 18.2 Å². The molecule has 3 rings (SSSR count). The van der Waals surface area contributed by atoms with Gasteiger partial charge in [0.05, 0.1) is 6.21 Å². The minimum Gasteiger partial charge on any atom is -0.507 e. The highest BCUT2D eigenvalue weighted by molar-refractivity contribution is 5.86. The van der Waals surface area contributed by atoms with E-state index in [2.05, 4.69) is 10.5 Å². The van der Waals surface area contributed by atoms with Crippen molar-refractivity contribution in [2.75, 3.05) is 0 Å². The molecule has 2 saturated carbocycles. The van der Waals surface area contributed by atoms with Crippen molar-refractivity contribution in [1.82, 2.24) is 5.43 Å². The fourth-order valence-corrected chi connectivity index (χ4v) is 2.74. The second-order valence-electron chi connectivity index (χ2n) is 5.27. The molecular formula is C14H16N2O2. The maximum absolute atomic E-state index is 11.8. The Morgan fingerprint density at radius 2 is 2.22 bits per heavy atom. The Bertz CT molecular complexity index is 506. The normalized spacial score (nSPS) is 23.9. The summed E-state index contributed by atoms with van der Waals surface area (Å²) in [5.74, 6) is 0.339. The molecule has 0 unspecified atom stereocenters. The molecule has 94 valence electrons. The number of phenols is 1. The Kier molecular flexibility index (Phi) is 2.58. The molecule has 0 aromatic heterocycles. The number of benzene rings is 1. The van der Waals surface area contributed by atoms with Crippen molar-refractivity contribution in [3.8, 4) is 5.75 Å². The lowest BCUT2D eigenvalue weighted by atomic mass is 9.80. The van der Waals surface area contributed by atoms with E-state index in [9.17, 15) is 9.90 Å². The fraction of sp³-hybridized carbons (Fsp3) is 0.429. The van der Waals surface area contributed by atoms with Gasteiger partial charge in [0.2, 0.25) is 5.91 Å². The van der Waals surface area contributed by atoms with Gasteiger partial charge in [-0.15, -0.1) is 0 Å². The first-order valence-electron chi connectivity index (χ1n) is 6.32. The van der Waals surface area contributed by atoms with Gasteiger partial charge in [0, 0.05) is 11.5 Å². The Morgan fingerprint density at radius 3 is 2.83 bits per heavy atom. The molecule has 4 nitrogen and oxygen atoms in total. The van der Waals surface area contributed by atoms with Crippen LogP contribution >= 0.6 is 0 Å². The van der Waals surface area contributed by atoms with E-state index in [0.29, 0.717) is 11.0 Å². The number of hydrazone groups is 1. The standard InChI is InChI=1S/C14H16N2O2/c17-12-5-2-1-4-10(12)9-15-16-13(18)11-8-14(11)6-3-7-14/h1-2,4-5,9,11,17H,3,6-8H2,(H,16,18)/b15-9-/t11-/m1/s1. The molecular weight excluding hydrogens is 228 g/mol. The number of amides is 1. The molecule has 18 heavy (non-hydrogen) atoms. The molecule has 0 bridgehead atoms. The zero-order valence-electron chi connectivity index (χ0n) is 10.1. The van der Waals surface area contributed by atoms with Crippen molar-refractivity contribution in [3.05, 3.63) is 29.8 Å². The van der Waals surface area contributed by atoms with Crippen molar-refractivity contribution in [1.29, 1.82) is 0 Å². The minimum absolute atomic E-state index is 0.0152. The third-order valence-corrected chi connectivity index (χ3v) is 4.17. The van der Waals surface area contributed by atoms with Gasteiger partial charge in [0.15, 0.2) is 0 Å². The lowest BCUT2D eigenvalue weighted by Crippen LogP contribution is -2.26. The summed E-state index contributed by atoms with van der Waals surface area (Å²) in [5, 5.41) is 13.4. The summed E-state index contributed by atoms with van der Waals surface area (Å²) in [5.41, 5.74) is 3.49. The van der Waals surface area contributed by atoms with Crippen molar-refractivity contribution < 1.29 is 9.90 Å². The summed E-state index contributed by atoms with van der Waals surface area (Å²) in [6, 6.07) is 6.89. The topological polar surface area (TPSA) is 61.7 Å². The first kappa shape index (κ1) is 11.3. The van der Waals surface area contributed by atoms with Crippen LogP contribution in [0, 0.1) is 11.3 Å². The average molecular weight is 244 g/mol. The van der Waals surface area contributed by atoms with E-state index in [4.69, 9.17) is 0 Å². The van der Waals surface area contributed by atoms with Crippen LogP contribution in [0.3, 0.4) is 0 Å². The van der Waals surface area contributed by atoms with Crippen molar-refractivity contribution in [2.24, 2.45) is 16.4 Å². The molecule has 1 spiro atoms. The quantitative estimate of drug-likeness (QED) is 0.631. The number of rotatable bonds is 3. The maximum Gasteiger partial charge on any atom is 0.243 e. The molecule has 4 heteroatoms. The summed E-state index contributed by atoms with van der Waals surface area (Å²) < 4.78 is 0. The SMILES string of the molecule is O=C(N/N=C\c1ccccc1O)[C@H]1CC12CCC2. The van der Waals surface area contributed by atoms with E-state index in [0.717, 1.165) is 6.42 Å². The third-order valence-electron chi connectivity index (χ3n) is 4.17. The monoisotopic (exact) mass is 244 g/mol. The number of hydrogen-bond acceptors (Lipinski definition) is 3. The predicted octanol–water partition coefficient (Wildman–Crippen LogP) is 2.03. The largest absolute Gasteiger partial charge is 0.507 e. The molecule has 2 aliphatic rings. The van der Waals surface area contributed by atoms with Crippen molar-refractivity contribution in [3.63, 3.8) is 0 Å². The summed E-state index contributed by atoms with van der Waals surface area (Å²) in [7, 11) is 0. The van der Waals surface area contributed by atoms with E-state index in [-0.39, 0.29) is 17.6 Å². The summed E-state index contributed by atoms with van der Waals surface area (Å²) >= 11 is 0. The van der Waals surface area contributed by atoms with Crippen molar-refractivity contribution in [2.45, 2.75) is 25.7 Å². The zero-order valence-corrected chi connectivity index (χ0v) is 10.1. The first-order chi connectivity index (χ1) is 8.71. The van der Waals surface area contributed by atoms with Gasteiger partial charge in [-0.3, -0.25) is 4.79 Å². The number of phenolic OH excluding ortho intramolecular Hbond substituents is 1. The van der Waals surface area contributed by atoms with Gasteiger partial charge < -0.3 is 5.11 Å². The molecule has 0 radical (unpaired) electrons. The van der Waals surface area contributed by atoms with Gasteiger partial charge in [0.25, 0.3) is 0 Å². The Morgan fingerprint density at radius 1 is 1.44 bits per heavy atom. The average Bonchev–Trinajstić information content (AvgIpc) is 3.07. The molecule has 2 N–H and O–H groups in total. The van der Waals surface area contributed by atoms with E-state index in [1.165, 1.54) is 25.5 Å². The maximum atomic E-state index is 11.8. The highest BCUT2D eigenvalue weighted by Crippen LogP contribution is 2.65. The molecule has 1 aromatic carbocycles. The first-order valence-corrected chi connectivity index (χ1v) is 6.32. The van der Waals surface area contributed by atoms with Gasteiger partial charge in [-0.1, -0.05) is 18.6 Å². The smallest absolute Gasteiger partial charge is 0.243 e. The van der Waals surface area contributed by atoms with E-state index < -0.39 is 0 Å². The van der Waals surface area contributed by atoms with Crippen LogP contribution in [-0.4, -0.2) is 17.2 Å². The number of nitrogens with zero attached hydrogens (tertiary/aromatic N) is 1. The zero-order chi connectivity index (χ0) is 12.6. The van der Waals surface area contributed by atoms with Gasteiger partial charge in [-0.2, -0.15) is 5.10 Å². The number of hydrogen-bond donors (Lipinski definition) is 2. The molecule has 1 amide bonds. The van der Waals surface area contributed by atoms with Gasteiger partial charge in [-0.05, 0) is 36.8 Å². The van der Waals surface area contributed by atoms with Crippen LogP contribution in [0.25, 0.3) is 0 Å². The molecule has 0 heterocycles. The van der Waals surface area contributed by atoms with E-state index in [1.807, 2.05) is 6.07 Å². The van der Waals surface area contributed by atoms with Crippen LogP contribution in [-0.2, 0) is 4.79 Å².